The Labute approximate surface area is 166 Å². The number of benzene rings is 2. The quantitative estimate of drug-likeness (QED) is 0.665. The summed E-state index contributed by atoms with van der Waals surface area (Å²) in [6.07, 6.45) is 0. The summed E-state index contributed by atoms with van der Waals surface area (Å²) in [5, 5.41) is 5.87. The van der Waals surface area contributed by atoms with Crippen molar-refractivity contribution in [3.63, 3.8) is 0 Å². The fraction of sp³-hybridized carbons (Fsp3) is 0.0952. The second-order valence-electron chi connectivity index (χ2n) is 5.96. The van der Waals surface area contributed by atoms with Crippen LogP contribution in [0.3, 0.4) is 0 Å². The molecule has 0 atom stereocenters. The van der Waals surface area contributed by atoms with Gasteiger partial charge in [-0.3, -0.25) is 9.59 Å². The van der Waals surface area contributed by atoms with E-state index in [0.29, 0.717) is 10.6 Å². The third-order valence-corrected chi connectivity index (χ3v) is 4.38. The fourth-order valence-corrected chi connectivity index (χ4v) is 2.71. The van der Waals surface area contributed by atoms with Crippen molar-refractivity contribution in [2.24, 2.45) is 0 Å². The number of aromatic nitrogens is 1. The zero-order chi connectivity index (χ0) is 19.9. The van der Waals surface area contributed by atoms with Crippen molar-refractivity contribution in [1.29, 1.82) is 0 Å². The van der Waals surface area contributed by atoms with Gasteiger partial charge in [-0.15, -0.1) is 0 Å². The van der Waals surface area contributed by atoms with E-state index in [9.17, 15) is 14.0 Å². The van der Waals surface area contributed by atoms with Crippen molar-refractivity contribution >= 4 is 23.4 Å². The Morgan fingerprint density at radius 1 is 0.786 bits per heavy atom. The highest BCUT2D eigenvalue weighted by Gasteiger charge is 2.13. The van der Waals surface area contributed by atoms with E-state index in [2.05, 4.69) is 15.6 Å². The number of nitrogens with one attached hydrogen (secondary N) is 2. The molecule has 2 aromatic carbocycles. The number of halogens is 2. The molecule has 1 heterocycles. The summed E-state index contributed by atoms with van der Waals surface area (Å²) >= 11 is 6.07. The van der Waals surface area contributed by atoms with E-state index in [-0.39, 0.29) is 24.5 Å². The number of carbonyl (C=O) groups is 2. The molecule has 0 saturated carbocycles. The van der Waals surface area contributed by atoms with Crippen LogP contribution in [0, 0.1) is 5.82 Å². The molecule has 2 amide bonds. The molecule has 5 nitrogen and oxygen atoms in total. The molecular formula is C21H17ClFN3O2. The van der Waals surface area contributed by atoms with E-state index in [1.807, 2.05) is 12.1 Å². The lowest BCUT2D eigenvalue weighted by Crippen LogP contribution is -2.27. The van der Waals surface area contributed by atoms with Gasteiger partial charge in [-0.1, -0.05) is 54.1 Å². The zero-order valence-corrected chi connectivity index (χ0v) is 15.5. The number of amides is 2. The molecule has 142 valence electrons. The second kappa shape index (κ2) is 9.10. The van der Waals surface area contributed by atoms with Crippen molar-refractivity contribution in [2.75, 3.05) is 0 Å². The van der Waals surface area contributed by atoms with Gasteiger partial charge in [0.1, 0.15) is 17.2 Å². The van der Waals surface area contributed by atoms with Crippen LogP contribution in [0.5, 0.6) is 0 Å². The Morgan fingerprint density at radius 2 is 1.32 bits per heavy atom. The Balaban J connectivity index is 1.62. The Hall–Kier alpha value is -3.25. The summed E-state index contributed by atoms with van der Waals surface area (Å²) < 4.78 is 13.6. The Bertz CT molecular complexity index is 933. The van der Waals surface area contributed by atoms with Gasteiger partial charge in [0.25, 0.3) is 11.8 Å². The first kappa shape index (κ1) is 19.5. The van der Waals surface area contributed by atoms with Crippen LogP contribution in [0.1, 0.15) is 32.1 Å². The molecule has 7 heteroatoms. The first-order valence-electron chi connectivity index (χ1n) is 8.55. The van der Waals surface area contributed by atoms with E-state index >= 15 is 0 Å². The second-order valence-corrected chi connectivity index (χ2v) is 6.36. The summed E-state index contributed by atoms with van der Waals surface area (Å²) in [7, 11) is 0. The maximum Gasteiger partial charge on any atom is 0.270 e. The Morgan fingerprint density at radius 3 is 1.93 bits per heavy atom. The van der Waals surface area contributed by atoms with Crippen LogP contribution in [0.4, 0.5) is 4.39 Å². The minimum atomic E-state index is -0.496. The molecule has 0 aliphatic carbocycles. The molecule has 0 unspecified atom stereocenters. The molecule has 28 heavy (non-hydrogen) atoms. The van der Waals surface area contributed by atoms with Crippen molar-refractivity contribution in [3.8, 4) is 0 Å². The van der Waals surface area contributed by atoms with E-state index in [4.69, 9.17) is 11.6 Å². The average Bonchev–Trinajstić information content (AvgIpc) is 2.72. The lowest BCUT2D eigenvalue weighted by Gasteiger charge is -2.08. The molecule has 3 rings (SSSR count). The van der Waals surface area contributed by atoms with Gasteiger partial charge < -0.3 is 10.6 Å². The topological polar surface area (TPSA) is 71.1 Å². The highest BCUT2D eigenvalue weighted by Crippen LogP contribution is 2.14. The van der Waals surface area contributed by atoms with Crippen molar-refractivity contribution in [2.45, 2.75) is 13.1 Å². The number of pyridine rings is 1. The predicted octanol–water partition coefficient (Wildman–Crippen LogP) is 3.73. The molecule has 0 radical (unpaired) electrons. The smallest absolute Gasteiger partial charge is 0.270 e. The summed E-state index contributed by atoms with van der Waals surface area (Å²) in [4.78, 5) is 28.7. The molecule has 3 aromatic rings. The molecule has 0 spiro atoms. The third-order valence-electron chi connectivity index (χ3n) is 4.01. The number of hydrogen-bond acceptors (Lipinski definition) is 3. The summed E-state index contributed by atoms with van der Waals surface area (Å²) in [5.74, 6) is -1.32. The molecule has 0 bridgehead atoms. The number of carbonyl (C=O) groups excluding carboxylic acids is 2. The zero-order valence-electron chi connectivity index (χ0n) is 14.8. The highest BCUT2D eigenvalue weighted by atomic mass is 35.5. The molecule has 0 fully saturated rings. The average molecular weight is 398 g/mol. The van der Waals surface area contributed by atoms with Crippen LogP contribution in [-0.4, -0.2) is 16.8 Å². The highest BCUT2D eigenvalue weighted by molar-refractivity contribution is 6.31. The fourth-order valence-electron chi connectivity index (χ4n) is 2.50. The van der Waals surface area contributed by atoms with Gasteiger partial charge in [0.2, 0.25) is 0 Å². The lowest BCUT2D eigenvalue weighted by molar-refractivity contribution is 0.0941. The van der Waals surface area contributed by atoms with Gasteiger partial charge in [0.05, 0.1) is 0 Å². The van der Waals surface area contributed by atoms with Gasteiger partial charge >= 0.3 is 0 Å². The summed E-state index contributed by atoms with van der Waals surface area (Å²) in [6, 6.07) is 17.9. The van der Waals surface area contributed by atoms with Crippen LogP contribution in [0.25, 0.3) is 0 Å². The van der Waals surface area contributed by atoms with Gasteiger partial charge in [-0.25, -0.2) is 9.37 Å². The maximum atomic E-state index is 13.6. The SMILES string of the molecule is O=C(NCc1ccccc1F)c1cccc(C(=O)NCc2ccccc2Cl)n1. The third kappa shape index (κ3) is 4.92. The van der Waals surface area contributed by atoms with Gasteiger partial charge in [0, 0.05) is 23.7 Å². The number of rotatable bonds is 6. The van der Waals surface area contributed by atoms with E-state index in [1.54, 1.807) is 36.4 Å². The molecule has 0 aliphatic heterocycles. The molecule has 0 saturated heterocycles. The molecule has 1 aromatic heterocycles. The van der Waals surface area contributed by atoms with Gasteiger partial charge in [-0.2, -0.15) is 0 Å². The van der Waals surface area contributed by atoms with Crippen molar-refractivity contribution in [1.82, 2.24) is 15.6 Å². The standard InChI is InChI=1S/C21H17ClFN3O2/c22-16-8-3-1-6-14(16)12-24-20(27)18-10-5-11-19(26-18)21(28)25-13-15-7-2-4-9-17(15)23/h1-11H,12-13H2,(H,24,27)(H,25,28). The van der Waals surface area contributed by atoms with E-state index in [0.717, 1.165) is 5.56 Å². The summed E-state index contributed by atoms with van der Waals surface area (Å²) in [5.41, 5.74) is 1.31. The summed E-state index contributed by atoms with van der Waals surface area (Å²) in [6.45, 7) is 0.264. The molecular weight excluding hydrogens is 381 g/mol. The predicted molar refractivity (Wildman–Crippen MR) is 104 cm³/mol. The largest absolute Gasteiger partial charge is 0.347 e. The minimum Gasteiger partial charge on any atom is -0.347 e. The van der Waals surface area contributed by atoms with Gasteiger partial charge in [-0.05, 0) is 29.8 Å². The van der Waals surface area contributed by atoms with Gasteiger partial charge in [0.15, 0.2) is 0 Å². The van der Waals surface area contributed by atoms with Crippen LogP contribution in [0.15, 0.2) is 66.7 Å². The first-order valence-corrected chi connectivity index (χ1v) is 8.92. The van der Waals surface area contributed by atoms with Crippen molar-refractivity contribution in [3.05, 3.63) is 100 Å². The van der Waals surface area contributed by atoms with Crippen LogP contribution in [0.2, 0.25) is 5.02 Å². The molecule has 0 aliphatic rings. The van der Waals surface area contributed by atoms with E-state index < -0.39 is 17.6 Å². The minimum absolute atomic E-state index is 0.0239. The maximum absolute atomic E-state index is 13.6. The number of hydrogen-bond donors (Lipinski definition) is 2. The van der Waals surface area contributed by atoms with Crippen LogP contribution < -0.4 is 10.6 Å². The normalized spacial score (nSPS) is 10.4. The van der Waals surface area contributed by atoms with Crippen LogP contribution in [-0.2, 0) is 13.1 Å². The molecule has 2 N–H and O–H groups in total. The number of nitrogens with zero attached hydrogens (tertiary/aromatic N) is 1. The van der Waals surface area contributed by atoms with Crippen LogP contribution >= 0.6 is 11.6 Å². The first-order chi connectivity index (χ1) is 13.5. The monoisotopic (exact) mass is 397 g/mol. The van der Waals surface area contributed by atoms with E-state index in [1.165, 1.54) is 18.2 Å². The van der Waals surface area contributed by atoms with Crippen molar-refractivity contribution < 1.29 is 14.0 Å². The Kier molecular flexibility index (Phi) is 6.34. The lowest BCUT2D eigenvalue weighted by atomic mass is 10.2.